The van der Waals surface area contributed by atoms with E-state index < -0.39 is 0 Å². The van der Waals surface area contributed by atoms with Gasteiger partial charge in [0.2, 0.25) is 0 Å². The Kier molecular flexibility index (Phi) is 2.14. The monoisotopic (exact) mass is 231 g/mol. The molecule has 0 radical (unpaired) electrons. The van der Waals surface area contributed by atoms with Gasteiger partial charge in [-0.05, 0) is 12.1 Å². The normalized spacial score (nSPS) is 10.8. The van der Waals surface area contributed by atoms with Crippen LogP contribution in [0.15, 0.2) is 40.0 Å². The second-order valence-electron chi connectivity index (χ2n) is 3.46. The third-order valence-electron chi connectivity index (χ3n) is 2.33. The first-order chi connectivity index (χ1) is 8.33. The van der Waals surface area contributed by atoms with Crippen molar-refractivity contribution in [2.24, 2.45) is 0 Å². The van der Waals surface area contributed by atoms with Gasteiger partial charge in [0.05, 0.1) is 12.8 Å². The summed E-state index contributed by atoms with van der Waals surface area (Å²) in [4.78, 5) is 15.3. The molecule has 0 spiro atoms. The number of hydrogen-bond donors (Lipinski definition) is 2. The number of fused-ring (bicyclic) bond motifs is 1. The number of nitrogens with one attached hydrogen (secondary N) is 2. The highest BCUT2D eigenvalue weighted by Gasteiger charge is 2.02. The maximum Gasteiger partial charge on any atom is 0.348 e. The number of rotatable bonds is 3. The zero-order valence-corrected chi connectivity index (χ0v) is 8.75. The van der Waals surface area contributed by atoms with Crippen molar-refractivity contribution in [3.8, 4) is 0 Å². The Hall–Kier alpha value is -2.57. The molecule has 0 amide bonds. The third-order valence-corrected chi connectivity index (χ3v) is 2.33. The van der Waals surface area contributed by atoms with Gasteiger partial charge >= 0.3 is 5.69 Å². The minimum absolute atomic E-state index is 0.301. The highest BCUT2D eigenvalue weighted by atomic mass is 16.3. The van der Waals surface area contributed by atoms with Crippen molar-refractivity contribution in [2.75, 3.05) is 5.32 Å². The van der Waals surface area contributed by atoms with Gasteiger partial charge < -0.3 is 9.73 Å². The van der Waals surface area contributed by atoms with Crippen molar-refractivity contribution >= 4 is 11.5 Å². The van der Waals surface area contributed by atoms with Gasteiger partial charge in [-0.1, -0.05) is 0 Å². The largest absolute Gasteiger partial charge is 0.467 e. The summed E-state index contributed by atoms with van der Waals surface area (Å²) in [6.07, 6.45) is 3.03. The molecule has 0 saturated heterocycles. The van der Waals surface area contributed by atoms with E-state index in [2.05, 4.69) is 20.5 Å². The Labute approximate surface area is 95.1 Å². The van der Waals surface area contributed by atoms with Crippen LogP contribution in [0.2, 0.25) is 0 Å². The quantitative estimate of drug-likeness (QED) is 0.690. The van der Waals surface area contributed by atoms with Crippen LogP contribution in [0.4, 0.5) is 5.82 Å². The standard InChI is InChI=1S/C10H9N5O2/c16-10-14-13-9-4-8(12-6-15(9)10)11-5-7-2-1-3-17-7/h1-4,6,11H,5H2,(H,14,16). The molecule has 3 aromatic rings. The van der Waals surface area contributed by atoms with E-state index >= 15 is 0 Å². The molecule has 7 nitrogen and oxygen atoms in total. The summed E-state index contributed by atoms with van der Waals surface area (Å²) in [7, 11) is 0. The van der Waals surface area contributed by atoms with Gasteiger partial charge in [-0.25, -0.2) is 19.3 Å². The van der Waals surface area contributed by atoms with Gasteiger partial charge in [0.15, 0.2) is 5.65 Å². The van der Waals surface area contributed by atoms with E-state index in [4.69, 9.17) is 4.42 Å². The summed E-state index contributed by atoms with van der Waals surface area (Å²) in [6.45, 7) is 0.533. The van der Waals surface area contributed by atoms with E-state index in [0.717, 1.165) is 5.76 Å². The minimum atomic E-state index is -0.301. The summed E-state index contributed by atoms with van der Waals surface area (Å²) in [6, 6.07) is 5.37. The second-order valence-corrected chi connectivity index (χ2v) is 3.46. The third kappa shape index (κ3) is 1.78. The first-order valence-corrected chi connectivity index (χ1v) is 5.02. The van der Waals surface area contributed by atoms with Crippen LogP contribution in [-0.4, -0.2) is 19.6 Å². The van der Waals surface area contributed by atoms with Crippen LogP contribution in [-0.2, 0) is 6.54 Å². The topological polar surface area (TPSA) is 88.2 Å². The van der Waals surface area contributed by atoms with Crippen molar-refractivity contribution < 1.29 is 4.42 Å². The summed E-state index contributed by atoms with van der Waals surface area (Å²) in [5, 5.41) is 9.26. The summed E-state index contributed by atoms with van der Waals surface area (Å²) < 4.78 is 6.51. The van der Waals surface area contributed by atoms with Gasteiger partial charge in [0.25, 0.3) is 0 Å². The molecule has 86 valence electrons. The zero-order chi connectivity index (χ0) is 11.7. The molecule has 3 aromatic heterocycles. The lowest BCUT2D eigenvalue weighted by molar-refractivity contribution is 0.518. The molecule has 7 heteroatoms. The van der Waals surface area contributed by atoms with Crippen LogP contribution in [0.3, 0.4) is 0 Å². The van der Waals surface area contributed by atoms with Crippen molar-refractivity contribution in [1.82, 2.24) is 19.6 Å². The molecule has 17 heavy (non-hydrogen) atoms. The van der Waals surface area contributed by atoms with E-state index in [0.29, 0.717) is 18.0 Å². The molecule has 0 saturated carbocycles. The Morgan fingerprint density at radius 2 is 2.47 bits per heavy atom. The van der Waals surface area contributed by atoms with E-state index in [9.17, 15) is 4.79 Å². The second kappa shape index (κ2) is 3.78. The maximum absolute atomic E-state index is 11.2. The number of aromatic amines is 1. The fraction of sp³-hybridized carbons (Fsp3) is 0.100. The van der Waals surface area contributed by atoms with E-state index in [1.165, 1.54) is 10.7 Å². The van der Waals surface area contributed by atoms with Crippen molar-refractivity contribution in [1.29, 1.82) is 0 Å². The predicted octanol–water partition coefficient (Wildman–Crippen LogP) is 0.623. The summed E-state index contributed by atoms with van der Waals surface area (Å²) in [5.74, 6) is 1.44. The zero-order valence-electron chi connectivity index (χ0n) is 8.75. The van der Waals surface area contributed by atoms with Crippen LogP contribution in [0, 0.1) is 0 Å². The molecule has 0 fully saturated rings. The van der Waals surface area contributed by atoms with Crippen LogP contribution in [0.1, 0.15) is 5.76 Å². The average Bonchev–Trinajstić information content (AvgIpc) is 2.97. The predicted molar refractivity (Wildman–Crippen MR) is 59.6 cm³/mol. The highest BCUT2D eigenvalue weighted by molar-refractivity contribution is 5.48. The Morgan fingerprint density at radius 3 is 3.29 bits per heavy atom. The number of anilines is 1. The molecule has 0 aliphatic heterocycles. The first-order valence-electron chi connectivity index (χ1n) is 5.02. The Bertz CT molecular complexity index is 682. The van der Waals surface area contributed by atoms with Crippen LogP contribution < -0.4 is 11.0 Å². The van der Waals surface area contributed by atoms with Gasteiger partial charge in [0.1, 0.15) is 17.9 Å². The Balaban J connectivity index is 1.83. The lowest BCUT2D eigenvalue weighted by atomic mass is 10.4. The fourth-order valence-corrected chi connectivity index (χ4v) is 1.50. The molecule has 0 aliphatic rings. The minimum Gasteiger partial charge on any atom is -0.467 e. The van der Waals surface area contributed by atoms with Crippen LogP contribution >= 0.6 is 0 Å². The molecule has 0 aliphatic carbocycles. The average molecular weight is 231 g/mol. The molecular formula is C10H9N5O2. The van der Waals surface area contributed by atoms with Crippen molar-refractivity contribution in [3.63, 3.8) is 0 Å². The molecular weight excluding hydrogens is 222 g/mol. The maximum atomic E-state index is 11.2. The molecule has 3 rings (SSSR count). The number of aromatic nitrogens is 4. The molecule has 3 heterocycles. The number of H-pyrrole nitrogens is 1. The van der Waals surface area contributed by atoms with Crippen LogP contribution in [0.25, 0.3) is 5.65 Å². The highest BCUT2D eigenvalue weighted by Crippen LogP contribution is 2.07. The SMILES string of the molecule is O=c1[nH]nc2cc(NCc3ccco3)ncn12. The smallest absolute Gasteiger partial charge is 0.348 e. The van der Waals surface area contributed by atoms with Crippen LogP contribution in [0.5, 0.6) is 0 Å². The van der Waals surface area contributed by atoms with Gasteiger partial charge in [-0.15, -0.1) is 0 Å². The molecule has 0 unspecified atom stereocenters. The molecule has 0 atom stereocenters. The first kappa shape index (κ1) is 9.64. The van der Waals surface area contributed by atoms with Crippen molar-refractivity contribution in [2.45, 2.75) is 6.54 Å². The number of hydrogen-bond acceptors (Lipinski definition) is 5. The summed E-state index contributed by atoms with van der Waals surface area (Å²) in [5.41, 5.74) is 0.219. The van der Waals surface area contributed by atoms with E-state index in [1.54, 1.807) is 12.3 Å². The van der Waals surface area contributed by atoms with E-state index in [-0.39, 0.29) is 5.69 Å². The van der Waals surface area contributed by atoms with E-state index in [1.807, 2.05) is 12.1 Å². The number of furan rings is 1. The van der Waals surface area contributed by atoms with Gasteiger partial charge in [-0.2, -0.15) is 5.10 Å². The molecule has 0 aromatic carbocycles. The summed E-state index contributed by atoms with van der Waals surface area (Å²) >= 11 is 0. The molecule has 2 N–H and O–H groups in total. The van der Waals surface area contributed by atoms with Gasteiger partial charge in [0, 0.05) is 6.07 Å². The molecule has 0 bridgehead atoms. The lowest BCUT2D eigenvalue weighted by Gasteiger charge is -2.02. The number of nitrogens with zero attached hydrogens (tertiary/aromatic N) is 3. The van der Waals surface area contributed by atoms with Gasteiger partial charge in [-0.3, -0.25) is 0 Å². The Morgan fingerprint density at radius 1 is 1.53 bits per heavy atom. The van der Waals surface area contributed by atoms with Crippen molar-refractivity contribution in [3.05, 3.63) is 47.0 Å². The lowest BCUT2D eigenvalue weighted by Crippen LogP contribution is -2.10. The fourth-order valence-electron chi connectivity index (χ4n) is 1.50.